The zero-order valence-electron chi connectivity index (χ0n) is 14.0. The topological polar surface area (TPSA) is 91.7 Å². The van der Waals surface area contributed by atoms with E-state index in [0.717, 1.165) is 21.9 Å². The van der Waals surface area contributed by atoms with Gasteiger partial charge in [0.15, 0.2) is 0 Å². The van der Waals surface area contributed by atoms with E-state index in [1.807, 2.05) is 30.3 Å². The third-order valence-electron chi connectivity index (χ3n) is 3.52. The Morgan fingerprint density at radius 3 is 2.42 bits per heavy atom. The first-order valence-electron chi connectivity index (χ1n) is 7.66. The Hall–Kier alpha value is -2.84. The van der Waals surface area contributed by atoms with Crippen molar-refractivity contribution in [3.05, 3.63) is 62.8 Å². The predicted molar refractivity (Wildman–Crippen MR) is 103 cm³/mol. The van der Waals surface area contributed by atoms with Gasteiger partial charge >= 0.3 is 5.97 Å². The summed E-state index contributed by atoms with van der Waals surface area (Å²) in [5.41, 5.74) is 4.66. The highest BCUT2D eigenvalue weighted by Gasteiger charge is 2.16. The first kappa shape index (κ1) is 18.0. The van der Waals surface area contributed by atoms with Crippen LogP contribution < -0.4 is 5.43 Å². The SMILES string of the molecule is C/C(=N/NC(=O)c1sc(-c2ccccc2)nc1C)c1ccc(C(=O)O)s1. The molecule has 0 bridgehead atoms. The lowest BCUT2D eigenvalue weighted by Crippen LogP contribution is -2.18. The Labute approximate surface area is 157 Å². The van der Waals surface area contributed by atoms with Crippen molar-refractivity contribution in [3.8, 4) is 10.6 Å². The second-order valence-corrected chi connectivity index (χ2v) is 7.49. The first-order chi connectivity index (χ1) is 12.5. The minimum Gasteiger partial charge on any atom is -0.477 e. The van der Waals surface area contributed by atoms with E-state index in [1.165, 1.54) is 17.4 Å². The molecule has 0 fully saturated rings. The second kappa shape index (κ2) is 7.59. The molecular formula is C18H15N3O3S2. The third kappa shape index (κ3) is 3.87. The second-order valence-electron chi connectivity index (χ2n) is 5.41. The maximum Gasteiger partial charge on any atom is 0.345 e. The monoisotopic (exact) mass is 385 g/mol. The van der Waals surface area contributed by atoms with Crippen LogP contribution in [0.2, 0.25) is 0 Å². The van der Waals surface area contributed by atoms with Crippen LogP contribution in [0.1, 0.15) is 36.8 Å². The summed E-state index contributed by atoms with van der Waals surface area (Å²) in [7, 11) is 0. The molecule has 6 nitrogen and oxygen atoms in total. The average Bonchev–Trinajstić information content (AvgIpc) is 3.27. The van der Waals surface area contributed by atoms with Crippen molar-refractivity contribution >= 4 is 40.3 Å². The summed E-state index contributed by atoms with van der Waals surface area (Å²) in [4.78, 5) is 29.2. The highest BCUT2D eigenvalue weighted by molar-refractivity contribution is 7.17. The fourth-order valence-electron chi connectivity index (χ4n) is 2.20. The van der Waals surface area contributed by atoms with E-state index in [4.69, 9.17) is 5.11 Å². The van der Waals surface area contributed by atoms with Gasteiger partial charge in [-0.05, 0) is 26.0 Å². The molecule has 1 amide bonds. The number of aryl methyl sites for hydroxylation is 1. The number of nitrogens with zero attached hydrogens (tertiary/aromatic N) is 2. The molecule has 0 spiro atoms. The third-order valence-corrected chi connectivity index (χ3v) is 5.91. The van der Waals surface area contributed by atoms with Gasteiger partial charge in [0.1, 0.15) is 14.8 Å². The molecule has 1 aromatic carbocycles. The molecule has 3 aromatic rings. The number of hydrogen-bond acceptors (Lipinski definition) is 6. The van der Waals surface area contributed by atoms with E-state index in [9.17, 15) is 9.59 Å². The molecule has 3 rings (SSSR count). The molecule has 2 aromatic heterocycles. The maximum absolute atomic E-state index is 12.4. The van der Waals surface area contributed by atoms with E-state index in [1.54, 1.807) is 19.9 Å². The molecule has 0 aliphatic heterocycles. The summed E-state index contributed by atoms with van der Waals surface area (Å²) >= 11 is 2.42. The molecule has 0 saturated heterocycles. The van der Waals surface area contributed by atoms with Crippen molar-refractivity contribution in [2.75, 3.05) is 0 Å². The van der Waals surface area contributed by atoms with Crippen LogP contribution in [0.25, 0.3) is 10.6 Å². The minimum atomic E-state index is -0.980. The lowest BCUT2D eigenvalue weighted by molar-refractivity contribution is 0.0702. The Balaban J connectivity index is 1.75. The molecule has 26 heavy (non-hydrogen) atoms. The Morgan fingerprint density at radius 2 is 1.77 bits per heavy atom. The van der Waals surface area contributed by atoms with Gasteiger partial charge in [-0.15, -0.1) is 22.7 Å². The van der Waals surface area contributed by atoms with Crippen LogP contribution in [0.15, 0.2) is 47.6 Å². The first-order valence-corrected chi connectivity index (χ1v) is 9.30. The molecule has 0 aliphatic rings. The zero-order valence-corrected chi connectivity index (χ0v) is 15.6. The maximum atomic E-state index is 12.4. The van der Waals surface area contributed by atoms with Crippen LogP contribution in [-0.2, 0) is 0 Å². The van der Waals surface area contributed by atoms with Crippen LogP contribution in [0.5, 0.6) is 0 Å². The van der Waals surface area contributed by atoms with Crippen LogP contribution in [0, 0.1) is 6.92 Å². The smallest absolute Gasteiger partial charge is 0.345 e. The van der Waals surface area contributed by atoms with Gasteiger partial charge in [-0.25, -0.2) is 15.2 Å². The van der Waals surface area contributed by atoms with Crippen molar-refractivity contribution in [1.82, 2.24) is 10.4 Å². The number of carbonyl (C=O) groups excluding carboxylic acids is 1. The van der Waals surface area contributed by atoms with Gasteiger partial charge in [-0.2, -0.15) is 5.10 Å². The summed E-state index contributed by atoms with van der Waals surface area (Å²) in [5.74, 6) is -1.32. The number of nitrogens with one attached hydrogen (secondary N) is 1. The number of carbonyl (C=O) groups is 2. The Morgan fingerprint density at radius 1 is 1.08 bits per heavy atom. The van der Waals surface area contributed by atoms with Crippen LogP contribution in [-0.4, -0.2) is 27.7 Å². The lowest BCUT2D eigenvalue weighted by atomic mass is 10.2. The number of thiazole rings is 1. The van der Waals surface area contributed by atoms with Crippen molar-refractivity contribution in [2.45, 2.75) is 13.8 Å². The van der Waals surface area contributed by atoms with Gasteiger partial charge in [0.25, 0.3) is 5.91 Å². The van der Waals surface area contributed by atoms with Gasteiger partial charge in [0.05, 0.1) is 16.3 Å². The van der Waals surface area contributed by atoms with Gasteiger partial charge in [0.2, 0.25) is 0 Å². The number of aromatic nitrogens is 1. The van der Waals surface area contributed by atoms with Crippen molar-refractivity contribution < 1.29 is 14.7 Å². The number of hydrazone groups is 1. The fourth-order valence-corrected chi connectivity index (χ4v) is 3.95. The van der Waals surface area contributed by atoms with Crippen LogP contribution in [0.4, 0.5) is 0 Å². The van der Waals surface area contributed by atoms with Crippen molar-refractivity contribution in [3.63, 3.8) is 0 Å². The predicted octanol–water partition coefficient (Wildman–Crippen LogP) is 4.03. The molecule has 0 unspecified atom stereocenters. The lowest BCUT2D eigenvalue weighted by Gasteiger charge is -1.99. The highest BCUT2D eigenvalue weighted by Crippen LogP contribution is 2.27. The summed E-state index contributed by atoms with van der Waals surface area (Å²) in [5, 5.41) is 13.8. The van der Waals surface area contributed by atoms with Crippen LogP contribution in [0.3, 0.4) is 0 Å². The quantitative estimate of drug-likeness (QED) is 0.512. The Bertz CT molecular complexity index is 990. The van der Waals surface area contributed by atoms with Gasteiger partial charge in [-0.1, -0.05) is 30.3 Å². The molecule has 0 radical (unpaired) electrons. The van der Waals surface area contributed by atoms with Gasteiger partial charge in [-0.3, -0.25) is 4.79 Å². The summed E-state index contributed by atoms with van der Waals surface area (Å²) in [6.45, 7) is 3.50. The molecule has 0 aliphatic carbocycles. The summed E-state index contributed by atoms with van der Waals surface area (Å²) in [6.07, 6.45) is 0. The number of rotatable bonds is 5. The largest absolute Gasteiger partial charge is 0.477 e. The highest BCUT2D eigenvalue weighted by atomic mass is 32.1. The molecule has 2 heterocycles. The molecule has 0 atom stereocenters. The number of carboxylic acid groups (broad SMARTS) is 1. The van der Waals surface area contributed by atoms with E-state index in [-0.39, 0.29) is 10.8 Å². The van der Waals surface area contributed by atoms with Crippen molar-refractivity contribution in [2.24, 2.45) is 5.10 Å². The van der Waals surface area contributed by atoms with Gasteiger partial charge in [0, 0.05) is 5.56 Å². The fraction of sp³-hybridized carbons (Fsp3) is 0.111. The standard InChI is InChI=1S/C18H15N3O3S2/c1-10(13-8-9-14(25-13)18(23)24)20-21-16(22)15-11(2)19-17(26-15)12-6-4-3-5-7-12/h3-9H,1-2H3,(H,21,22)(H,23,24)/b20-10-. The number of thiophene rings is 1. The molecular weight excluding hydrogens is 370 g/mol. The summed E-state index contributed by atoms with van der Waals surface area (Å²) < 4.78 is 0. The number of carboxylic acids is 1. The van der Waals surface area contributed by atoms with E-state index in [2.05, 4.69) is 15.5 Å². The molecule has 2 N–H and O–H groups in total. The minimum absolute atomic E-state index is 0.228. The van der Waals surface area contributed by atoms with Crippen LogP contribution >= 0.6 is 22.7 Å². The molecule has 8 heteroatoms. The van der Waals surface area contributed by atoms with E-state index < -0.39 is 5.97 Å². The zero-order chi connectivity index (χ0) is 18.7. The van der Waals surface area contributed by atoms with E-state index in [0.29, 0.717) is 21.2 Å². The number of aromatic carboxylic acids is 1. The average molecular weight is 385 g/mol. The van der Waals surface area contributed by atoms with E-state index >= 15 is 0 Å². The number of hydrogen-bond donors (Lipinski definition) is 2. The molecule has 132 valence electrons. The van der Waals surface area contributed by atoms with Crippen molar-refractivity contribution in [1.29, 1.82) is 0 Å². The number of benzene rings is 1. The Kier molecular flexibility index (Phi) is 5.24. The summed E-state index contributed by atoms with van der Waals surface area (Å²) in [6, 6.07) is 12.8. The normalized spacial score (nSPS) is 11.4. The molecule has 0 saturated carbocycles. The number of amides is 1. The van der Waals surface area contributed by atoms with Gasteiger partial charge < -0.3 is 5.11 Å².